The van der Waals surface area contributed by atoms with Crippen LogP contribution in [-0.4, -0.2) is 35.9 Å². The van der Waals surface area contributed by atoms with E-state index in [2.05, 4.69) is 17.9 Å². The summed E-state index contributed by atoms with van der Waals surface area (Å²) < 4.78 is 5.19. The van der Waals surface area contributed by atoms with Crippen molar-refractivity contribution in [3.05, 3.63) is 90.0 Å². The van der Waals surface area contributed by atoms with Gasteiger partial charge in [-0.25, -0.2) is 4.79 Å². The number of carboxylic acids is 1. The Hall–Kier alpha value is -3.25. The molecular formula is C26H27NO4S. The Bertz CT molecular complexity index is 1020. The lowest BCUT2D eigenvalue weighted by Crippen LogP contribution is -2.45. The van der Waals surface area contributed by atoms with Crippen LogP contribution in [0.1, 0.15) is 11.1 Å². The van der Waals surface area contributed by atoms with Crippen LogP contribution in [0, 0.1) is 5.92 Å². The third-order valence-electron chi connectivity index (χ3n) is 5.35. The fraction of sp³-hybridized carbons (Fsp3) is 0.231. The lowest BCUT2D eigenvalue weighted by atomic mass is 9.98. The number of carbonyl (C=O) groups excluding carboxylic acids is 1. The lowest BCUT2D eigenvalue weighted by molar-refractivity contribution is -0.142. The highest BCUT2D eigenvalue weighted by Gasteiger charge is 2.25. The zero-order valence-corrected chi connectivity index (χ0v) is 18.8. The number of carboxylic acid groups (broad SMARTS) is 1. The summed E-state index contributed by atoms with van der Waals surface area (Å²) in [5, 5.41) is 12.4. The zero-order chi connectivity index (χ0) is 22.9. The Kier molecular flexibility index (Phi) is 8.34. The summed E-state index contributed by atoms with van der Waals surface area (Å²) in [6.45, 7) is 0. The number of benzene rings is 3. The number of carbonyl (C=O) groups is 2. The van der Waals surface area contributed by atoms with Crippen LogP contribution in [0.4, 0.5) is 0 Å². The number of aliphatic carboxylic acids is 1. The van der Waals surface area contributed by atoms with Crippen molar-refractivity contribution in [2.45, 2.75) is 18.9 Å². The standard InChI is InChI=1S/C26H27NO4S/c1-31-23-13-11-21(12-14-23)20-9-7-19(8-10-20)16-24(26(29)30)27-25(28)22(17-32)15-18-5-3-2-4-6-18/h2-14,22,24,32H,15-17H2,1H3,(H,27,28)(H,29,30)/t22?,24-/m0/s1. The quantitative estimate of drug-likeness (QED) is 0.404. The van der Waals surface area contributed by atoms with E-state index in [1.165, 1.54) is 0 Å². The van der Waals surface area contributed by atoms with Crippen molar-refractivity contribution in [3.8, 4) is 16.9 Å². The zero-order valence-electron chi connectivity index (χ0n) is 17.9. The van der Waals surface area contributed by atoms with Crippen LogP contribution < -0.4 is 10.1 Å². The molecule has 0 heterocycles. The van der Waals surface area contributed by atoms with Crippen LogP contribution in [0.2, 0.25) is 0 Å². The maximum atomic E-state index is 12.7. The van der Waals surface area contributed by atoms with Gasteiger partial charge < -0.3 is 15.2 Å². The smallest absolute Gasteiger partial charge is 0.326 e. The monoisotopic (exact) mass is 449 g/mol. The van der Waals surface area contributed by atoms with Gasteiger partial charge in [0.05, 0.1) is 13.0 Å². The molecule has 6 heteroatoms. The molecule has 3 aromatic carbocycles. The molecule has 0 aliphatic carbocycles. The van der Waals surface area contributed by atoms with E-state index in [1.807, 2.05) is 78.9 Å². The predicted octanol–water partition coefficient (Wildman–Crippen LogP) is 4.26. The van der Waals surface area contributed by atoms with E-state index in [9.17, 15) is 14.7 Å². The van der Waals surface area contributed by atoms with Gasteiger partial charge in [0.15, 0.2) is 0 Å². The summed E-state index contributed by atoms with van der Waals surface area (Å²) in [5.74, 6) is -0.637. The Balaban J connectivity index is 1.65. The molecule has 0 saturated carbocycles. The number of thiol groups is 1. The maximum absolute atomic E-state index is 12.7. The van der Waals surface area contributed by atoms with Crippen molar-refractivity contribution in [1.82, 2.24) is 5.32 Å². The molecule has 32 heavy (non-hydrogen) atoms. The van der Waals surface area contributed by atoms with Gasteiger partial charge in [0.1, 0.15) is 11.8 Å². The van der Waals surface area contributed by atoms with Crippen LogP contribution >= 0.6 is 12.6 Å². The Morgan fingerprint density at radius 2 is 1.44 bits per heavy atom. The van der Waals surface area contributed by atoms with E-state index in [4.69, 9.17) is 4.74 Å². The van der Waals surface area contributed by atoms with E-state index in [1.54, 1.807) is 7.11 Å². The van der Waals surface area contributed by atoms with Gasteiger partial charge in [-0.05, 0) is 40.8 Å². The second-order valence-corrected chi connectivity index (χ2v) is 7.96. The molecule has 0 aromatic heterocycles. The maximum Gasteiger partial charge on any atom is 0.326 e. The van der Waals surface area contributed by atoms with Crippen LogP contribution in [0.3, 0.4) is 0 Å². The number of ether oxygens (including phenoxy) is 1. The molecule has 0 radical (unpaired) electrons. The first-order chi connectivity index (χ1) is 15.5. The van der Waals surface area contributed by atoms with Crippen LogP contribution in [0.15, 0.2) is 78.9 Å². The summed E-state index contributed by atoms with van der Waals surface area (Å²) in [6.07, 6.45) is 0.716. The van der Waals surface area contributed by atoms with Gasteiger partial charge in [0.25, 0.3) is 0 Å². The molecule has 0 aliphatic heterocycles. The van der Waals surface area contributed by atoms with Gasteiger partial charge in [0.2, 0.25) is 5.91 Å². The number of amides is 1. The summed E-state index contributed by atoms with van der Waals surface area (Å²) in [5.41, 5.74) is 3.91. The highest BCUT2D eigenvalue weighted by Crippen LogP contribution is 2.23. The van der Waals surface area contributed by atoms with Crippen molar-refractivity contribution >= 4 is 24.5 Å². The largest absolute Gasteiger partial charge is 0.497 e. The molecule has 166 valence electrons. The molecular weight excluding hydrogens is 422 g/mol. The number of hydrogen-bond donors (Lipinski definition) is 3. The second kappa shape index (κ2) is 11.4. The van der Waals surface area contributed by atoms with Crippen molar-refractivity contribution < 1.29 is 19.4 Å². The normalized spacial score (nSPS) is 12.6. The second-order valence-electron chi connectivity index (χ2n) is 7.60. The van der Waals surface area contributed by atoms with E-state index >= 15 is 0 Å². The summed E-state index contributed by atoms with van der Waals surface area (Å²) in [6, 6.07) is 24.0. The average molecular weight is 450 g/mol. The molecule has 0 fully saturated rings. The van der Waals surface area contributed by atoms with Crippen molar-refractivity contribution in [2.75, 3.05) is 12.9 Å². The Labute approximate surface area is 193 Å². The van der Waals surface area contributed by atoms with Gasteiger partial charge in [-0.3, -0.25) is 4.79 Å². The number of rotatable bonds is 10. The van der Waals surface area contributed by atoms with E-state index < -0.39 is 17.9 Å². The average Bonchev–Trinajstić information content (AvgIpc) is 2.83. The van der Waals surface area contributed by atoms with Crippen LogP contribution in [0.25, 0.3) is 11.1 Å². The molecule has 3 aromatic rings. The number of hydrogen-bond acceptors (Lipinski definition) is 4. The molecule has 3 rings (SSSR count). The van der Waals surface area contributed by atoms with Gasteiger partial charge >= 0.3 is 5.97 Å². The van der Waals surface area contributed by atoms with Gasteiger partial charge in [-0.15, -0.1) is 0 Å². The van der Waals surface area contributed by atoms with Gasteiger partial charge in [-0.1, -0.05) is 66.7 Å². The SMILES string of the molecule is COc1ccc(-c2ccc(C[C@H](NC(=O)C(CS)Cc3ccccc3)C(=O)O)cc2)cc1. The Morgan fingerprint density at radius 1 is 0.875 bits per heavy atom. The molecule has 0 spiro atoms. The van der Waals surface area contributed by atoms with E-state index in [0.29, 0.717) is 12.2 Å². The highest BCUT2D eigenvalue weighted by atomic mass is 32.1. The first-order valence-corrected chi connectivity index (χ1v) is 11.0. The third kappa shape index (κ3) is 6.37. The van der Waals surface area contributed by atoms with Crippen molar-refractivity contribution in [1.29, 1.82) is 0 Å². The van der Waals surface area contributed by atoms with Gasteiger partial charge in [-0.2, -0.15) is 12.6 Å². The lowest BCUT2D eigenvalue weighted by Gasteiger charge is -2.19. The molecule has 2 N–H and O–H groups in total. The minimum absolute atomic E-state index is 0.203. The molecule has 1 amide bonds. The first-order valence-electron chi connectivity index (χ1n) is 10.4. The molecule has 1 unspecified atom stereocenters. The Morgan fingerprint density at radius 3 is 1.97 bits per heavy atom. The molecule has 0 bridgehead atoms. The predicted molar refractivity (Wildman–Crippen MR) is 129 cm³/mol. The molecule has 2 atom stereocenters. The van der Waals surface area contributed by atoms with E-state index in [-0.39, 0.29) is 12.3 Å². The van der Waals surface area contributed by atoms with Crippen LogP contribution in [-0.2, 0) is 22.4 Å². The van der Waals surface area contributed by atoms with Crippen LogP contribution in [0.5, 0.6) is 5.75 Å². The van der Waals surface area contributed by atoms with Gasteiger partial charge in [0, 0.05) is 12.2 Å². The highest BCUT2D eigenvalue weighted by molar-refractivity contribution is 7.80. The number of nitrogens with one attached hydrogen (secondary N) is 1. The van der Waals surface area contributed by atoms with Crippen molar-refractivity contribution in [2.24, 2.45) is 5.92 Å². The summed E-state index contributed by atoms with van der Waals surface area (Å²) >= 11 is 4.30. The molecule has 5 nitrogen and oxygen atoms in total. The number of methoxy groups -OCH3 is 1. The molecule has 0 aliphatic rings. The fourth-order valence-corrected chi connectivity index (χ4v) is 3.78. The minimum Gasteiger partial charge on any atom is -0.497 e. The molecule has 0 saturated heterocycles. The first kappa shape index (κ1) is 23.4. The summed E-state index contributed by atoms with van der Waals surface area (Å²) in [4.78, 5) is 24.6. The minimum atomic E-state index is -1.06. The third-order valence-corrected chi connectivity index (χ3v) is 5.79. The van der Waals surface area contributed by atoms with E-state index in [0.717, 1.165) is 28.0 Å². The summed E-state index contributed by atoms with van der Waals surface area (Å²) in [7, 11) is 1.63. The topological polar surface area (TPSA) is 75.6 Å². The van der Waals surface area contributed by atoms with Crippen molar-refractivity contribution in [3.63, 3.8) is 0 Å². The fourth-order valence-electron chi connectivity index (χ4n) is 3.48.